The predicted molar refractivity (Wildman–Crippen MR) is 130 cm³/mol. The summed E-state index contributed by atoms with van der Waals surface area (Å²) in [7, 11) is -0.766. The number of carbonyl (C=O) groups is 1. The number of urea groups is 1. The fourth-order valence-corrected chi connectivity index (χ4v) is 4.19. The lowest BCUT2D eigenvalue weighted by atomic mass is 10.1. The summed E-state index contributed by atoms with van der Waals surface area (Å²) in [6.07, 6.45) is -2.64. The van der Waals surface area contributed by atoms with E-state index in [2.05, 4.69) is 5.10 Å². The van der Waals surface area contributed by atoms with E-state index in [0.29, 0.717) is 17.1 Å². The number of ether oxygens (including phenoxy) is 2. The SMILES string of the molecule is [2H]C([2H])([2H])Oc1ccc(N2C(=O)N(c3ccc4nn(C)c(C)c4c3)Cc3ccc(OCC(F)F)cc32)cc1. The number of amides is 2. The van der Waals surface area contributed by atoms with Gasteiger partial charge in [0, 0.05) is 29.9 Å². The standard InChI is InChI=1S/C26H24F2N4O3/c1-16-22-12-19(7-11-23(22)29-30(16)2)31-14-17-4-8-21(35-15-25(27)28)13-24(17)32(26(31)33)18-5-9-20(34-3)10-6-18/h4-13,25H,14-15H2,1-3H3/i3D3. The number of alkyl halides is 2. The van der Waals surface area contributed by atoms with E-state index >= 15 is 0 Å². The van der Waals surface area contributed by atoms with Crippen molar-refractivity contribution in [1.29, 1.82) is 0 Å². The minimum absolute atomic E-state index is 0.113. The molecule has 0 unspecified atom stereocenters. The largest absolute Gasteiger partial charge is 0.497 e. The van der Waals surface area contributed by atoms with Crippen LogP contribution in [-0.2, 0) is 13.6 Å². The highest BCUT2D eigenvalue weighted by atomic mass is 19.3. The molecule has 0 radical (unpaired) electrons. The van der Waals surface area contributed by atoms with Crippen LogP contribution in [0.15, 0.2) is 60.7 Å². The number of aromatic nitrogens is 2. The van der Waals surface area contributed by atoms with E-state index in [0.717, 1.165) is 22.2 Å². The Hall–Kier alpha value is -4.14. The minimum Gasteiger partial charge on any atom is -0.497 e. The molecular formula is C26H24F2N4O3. The van der Waals surface area contributed by atoms with Gasteiger partial charge in [0.1, 0.15) is 18.1 Å². The number of hydrogen-bond acceptors (Lipinski definition) is 4. The van der Waals surface area contributed by atoms with E-state index < -0.39 is 20.1 Å². The molecule has 0 bridgehead atoms. The number of rotatable bonds is 6. The van der Waals surface area contributed by atoms with Gasteiger partial charge in [0.2, 0.25) is 0 Å². The number of halogens is 2. The van der Waals surface area contributed by atoms with E-state index in [1.165, 1.54) is 17.0 Å². The summed E-state index contributed by atoms with van der Waals surface area (Å²) in [6, 6.07) is 16.1. The molecule has 180 valence electrons. The molecule has 0 saturated heterocycles. The molecule has 0 saturated carbocycles. The van der Waals surface area contributed by atoms with E-state index in [4.69, 9.17) is 13.6 Å². The molecule has 5 rings (SSSR count). The molecule has 1 aliphatic heterocycles. The van der Waals surface area contributed by atoms with E-state index in [-0.39, 0.29) is 24.1 Å². The fourth-order valence-electron chi connectivity index (χ4n) is 4.19. The van der Waals surface area contributed by atoms with Crippen LogP contribution in [0.2, 0.25) is 0 Å². The van der Waals surface area contributed by atoms with Crippen LogP contribution in [0.4, 0.5) is 30.6 Å². The van der Waals surface area contributed by atoms with Crippen LogP contribution in [0, 0.1) is 6.92 Å². The van der Waals surface area contributed by atoms with Crippen LogP contribution >= 0.6 is 0 Å². The van der Waals surface area contributed by atoms with Crippen LogP contribution in [0.1, 0.15) is 15.4 Å². The van der Waals surface area contributed by atoms with Gasteiger partial charge in [-0.3, -0.25) is 14.5 Å². The Bertz CT molecular complexity index is 1510. The third-order valence-corrected chi connectivity index (χ3v) is 6.06. The van der Waals surface area contributed by atoms with Crippen molar-refractivity contribution in [1.82, 2.24) is 9.78 Å². The second-order valence-corrected chi connectivity index (χ2v) is 8.20. The lowest BCUT2D eigenvalue weighted by molar-refractivity contribution is 0.0819. The number of benzene rings is 3. The third-order valence-electron chi connectivity index (χ3n) is 6.06. The molecule has 35 heavy (non-hydrogen) atoms. The summed E-state index contributed by atoms with van der Waals surface area (Å²) in [5.41, 5.74) is 4.09. The van der Waals surface area contributed by atoms with Gasteiger partial charge in [0.15, 0.2) is 0 Å². The molecule has 2 amide bonds. The summed E-state index contributed by atoms with van der Waals surface area (Å²) in [6.45, 7) is 1.41. The van der Waals surface area contributed by atoms with Crippen LogP contribution < -0.4 is 19.3 Å². The topological polar surface area (TPSA) is 59.8 Å². The zero-order valence-electron chi connectivity index (χ0n) is 22.0. The summed E-state index contributed by atoms with van der Waals surface area (Å²) >= 11 is 0. The fraction of sp³-hybridized carbons (Fsp3) is 0.231. The summed E-state index contributed by atoms with van der Waals surface area (Å²) in [5.74, 6) is 0.312. The van der Waals surface area contributed by atoms with Crippen molar-refractivity contribution in [3.63, 3.8) is 0 Å². The van der Waals surface area contributed by atoms with Crippen molar-refractivity contribution in [2.45, 2.75) is 19.9 Å². The summed E-state index contributed by atoms with van der Waals surface area (Å²) in [4.78, 5) is 17.0. The van der Waals surface area contributed by atoms with E-state index in [1.54, 1.807) is 39.9 Å². The highest BCUT2D eigenvalue weighted by Crippen LogP contribution is 2.40. The number of aryl methyl sites for hydroxylation is 2. The Labute approximate surface area is 205 Å². The molecule has 1 aliphatic rings. The van der Waals surface area contributed by atoms with Crippen molar-refractivity contribution in [2.24, 2.45) is 7.05 Å². The lowest BCUT2D eigenvalue weighted by Gasteiger charge is -2.37. The Morgan fingerprint density at radius 2 is 1.80 bits per heavy atom. The Morgan fingerprint density at radius 3 is 2.54 bits per heavy atom. The van der Waals surface area contributed by atoms with Gasteiger partial charge < -0.3 is 9.47 Å². The number of hydrogen-bond donors (Lipinski definition) is 0. The van der Waals surface area contributed by atoms with Crippen molar-refractivity contribution >= 4 is 34.0 Å². The highest BCUT2D eigenvalue weighted by Gasteiger charge is 2.33. The maximum atomic E-state index is 14.0. The highest BCUT2D eigenvalue weighted by molar-refractivity contribution is 6.11. The zero-order chi connectivity index (χ0) is 27.2. The smallest absolute Gasteiger partial charge is 0.333 e. The van der Waals surface area contributed by atoms with Gasteiger partial charge in [-0.2, -0.15) is 5.10 Å². The quantitative estimate of drug-likeness (QED) is 0.349. The van der Waals surface area contributed by atoms with Gasteiger partial charge in [0.05, 0.1) is 34.6 Å². The molecule has 1 aromatic heterocycles. The van der Waals surface area contributed by atoms with E-state index in [1.807, 2.05) is 32.2 Å². The molecule has 0 atom stereocenters. The van der Waals surface area contributed by atoms with Gasteiger partial charge in [-0.1, -0.05) is 6.07 Å². The summed E-state index contributed by atoms with van der Waals surface area (Å²) in [5, 5.41) is 5.39. The van der Waals surface area contributed by atoms with Crippen molar-refractivity contribution in [3.05, 3.63) is 71.9 Å². The van der Waals surface area contributed by atoms with Gasteiger partial charge in [-0.15, -0.1) is 0 Å². The Balaban J connectivity index is 1.57. The number of carbonyl (C=O) groups excluding carboxylic acids is 1. The summed E-state index contributed by atoms with van der Waals surface area (Å²) < 4.78 is 59.3. The van der Waals surface area contributed by atoms with Crippen LogP contribution in [0.5, 0.6) is 11.5 Å². The van der Waals surface area contributed by atoms with Gasteiger partial charge in [0.25, 0.3) is 6.43 Å². The van der Waals surface area contributed by atoms with Crippen molar-refractivity contribution in [2.75, 3.05) is 23.4 Å². The molecule has 0 aliphatic carbocycles. The molecule has 7 nitrogen and oxygen atoms in total. The minimum atomic E-state index is -2.64. The molecule has 9 heteroatoms. The number of methoxy groups -OCH3 is 1. The van der Waals surface area contributed by atoms with Gasteiger partial charge in [-0.05, 0) is 61.0 Å². The second kappa shape index (κ2) is 8.90. The molecule has 0 N–H and O–H groups in total. The van der Waals surface area contributed by atoms with Gasteiger partial charge in [-0.25, -0.2) is 13.6 Å². The molecule has 4 aromatic rings. The van der Waals surface area contributed by atoms with Gasteiger partial charge >= 0.3 is 6.03 Å². The predicted octanol–water partition coefficient (Wildman–Crippen LogP) is 5.81. The van der Waals surface area contributed by atoms with Crippen LogP contribution in [0.3, 0.4) is 0 Å². The lowest BCUT2D eigenvalue weighted by Crippen LogP contribution is -2.45. The first-order chi connectivity index (χ1) is 18.0. The van der Waals surface area contributed by atoms with Crippen LogP contribution in [0.25, 0.3) is 10.9 Å². The van der Waals surface area contributed by atoms with Crippen molar-refractivity contribution in [3.8, 4) is 11.5 Å². The number of fused-ring (bicyclic) bond motifs is 2. The zero-order valence-corrected chi connectivity index (χ0v) is 19.0. The number of anilines is 3. The first-order valence-corrected chi connectivity index (χ1v) is 10.9. The Morgan fingerprint density at radius 1 is 1.06 bits per heavy atom. The average molecular weight is 482 g/mol. The monoisotopic (exact) mass is 481 g/mol. The molecule has 0 fully saturated rings. The third kappa shape index (κ3) is 4.14. The molecule has 2 heterocycles. The maximum Gasteiger partial charge on any atom is 0.333 e. The normalized spacial score (nSPS) is 15.1. The first kappa shape index (κ1) is 19.2. The second-order valence-electron chi connectivity index (χ2n) is 8.20. The Kier molecular flexibility index (Phi) is 4.88. The average Bonchev–Trinajstić information content (AvgIpc) is 3.15. The number of nitrogens with zero attached hydrogens (tertiary/aromatic N) is 4. The molecule has 3 aromatic carbocycles. The molecular weight excluding hydrogens is 454 g/mol. The maximum absolute atomic E-state index is 14.0. The molecule has 0 spiro atoms. The van der Waals surface area contributed by atoms with E-state index in [9.17, 15) is 13.6 Å². The van der Waals surface area contributed by atoms with Crippen molar-refractivity contribution < 1.29 is 27.2 Å². The van der Waals surface area contributed by atoms with Crippen LogP contribution in [-0.4, -0.2) is 35.9 Å². The first-order valence-electron chi connectivity index (χ1n) is 12.4.